The predicted molar refractivity (Wildman–Crippen MR) is 161 cm³/mol. The van der Waals surface area contributed by atoms with Crippen molar-refractivity contribution in [2.75, 3.05) is 13.1 Å². The highest BCUT2D eigenvalue weighted by Gasteiger charge is 2.34. The van der Waals surface area contributed by atoms with E-state index in [9.17, 15) is 39.0 Å². The molecule has 0 radical (unpaired) electrons. The first-order valence-corrected chi connectivity index (χ1v) is 14.6. The first kappa shape index (κ1) is 36.3. The van der Waals surface area contributed by atoms with Crippen LogP contribution in [-0.4, -0.2) is 95.0 Å². The summed E-state index contributed by atoms with van der Waals surface area (Å²) in [5.74, 6) is -5.76. The molecule has 0 saturated carbocycles. The Kier molecular flexibility index (Phi) is 14.5. The highest BCUT2D eigenvalue weighted by molar-refractivity contribution is 5.98. The predicted octanol–water partition coefficient (Wildman–Crippen LogP) is -2.74. The minimum absolute atomic E-state index is 0.0286. The number of phenolic OH excluding ortho intramolecular Hbond substituents is 1. The van der Waals surface area contributed by atoms with Gasteiger partial charge in [-0.1, -0.05) is 12.1 Å². The number of carbonyl (C=O) groups is 6. The van der Waals surface area contributed by atoms with Crippen molar-refractivity contribution in [2.24, 2.45) is 11.5 Å². The SMILES string of the molecule is C[C@@H]1NC(=O)[C@H](CCCNC(=N)N)NC(=O)[C@H](CCCCN)NC(=O)[C@@H](Cc2ccc(O)cc2)NC(=O)[C@H](CC(=O)O)NC1=O. The van der Waals surface area contributed by atoms with Crippen LogP contribution in [0.5, 0.6) is 5.75 Å². The summed E-state index contributed by atoms with van der Waals surface area (Å²) >= 11 is 0. The minimum atomic E-state index is -1.61. The fraction of sp³-hybridized carbons (Fsp3) is 0.536. The molecule has 0 unspecified atom stereocenters. The van der Waals surface area contributed by atoms with Gasteiger partial charge in [-0.25, -0.2) is 0 Å². The quantitative estimate of drug-likeness (QED) is 0.0637. The Morgan fingerprint density at radius 1 is 0.800 bits per heavy atom. The molecule has 5 amide bonds. The first-order chi connectivity index (χ1) is 21.3. The third-order valence-electron chi connectivity index (χ3n) is 6.97. The van der Waals surface area contributed by atoms with E-state index in [2.05, 4.69) is 31.9 Å². The number of benzene rings is 1. The molecule has 17 nitrogen and oxygen atoms in total. The van der Waals surface area contributed by atoms with E-state index in [1.807, 2.05) is 0 Å². The van der Waals surface area contributed by atoms with Gasteiger partial charge in [0.2, 0.25) is 29.5 Å². The molecule has 13 N–H and O–H groups in total. The number of guanidine groups is 1. The lowest BCUT2D eigenvalue weighted by Crippen LogP contribution is -2.58. The molecule has 5 atom stereocenters. The number of unbranched alkanes of at least 4 members (excludes halogenated alkanes) is 1. The monoisotopic (exact) mass is 633 g/mol. The Hall–Kier alpha value is -4.93. The summed E-state index contributed by atoms with van der Waals surface area (Å²) < 4.78 is 0. The van der Waals surface area contributed by atoms with Gasteiger partial charge in [0.15, 0.2) is 5.96 Å². The number of carboxylic acid groups (broad SMARTS) is 1. The molecule has 0 aromatic heterocycles. The van der Waals surface area contributed by atoms with Gasteiger partial charge in [0.05, 0.1) is 6.42 Å². The number of hydrogen-bond donors (Lipinski definition) is 11. The van der Waals surface area contributed by atoms with Crippen molar-refractivity contribution in [3.63, 3.8) is 0 Å². The third-order valence-corrected chi connectivity index (χ3v) is 6.97. The number of amides is 5. The molecule has 0 spiro atoms. The molecule has 45 heavy (non-hydrogen) atoms. The Labute approximate surface area is 260 Å². The summed E-state index contributed by atoms with van der Waals surface area (Å²) in [5, 5.41) is 41.5. The lowest BCUT2D eigenvalue weighted by Gasteiger charge is -2.26. The average molecular weight is 634 g/mol. The molecule has 1 aliphatic heterocycles. The molecule has 17 heteroatoms. The van der Waals surface area contributed by atoms with Gasteiger partial charge in [-0.15, -0.1) is 0 Å². The normalized spacial score (nSPS) is 23.2. The largest absolute Gasteiger partial charge is 0.508 e. The van der Waals surface area contributed by atoms with Gasteiger partial charge in [-0.05, 0) is 63.3 Å². The lowest BCUT2D eigenvalue weighted by molar-refractivity contribution is -0.141. The van der Waals surface area contributed by atoms with Gasteiger partial charge in [0, 0.05) is 13.0 Å². The van der Waals surface area contributed by atoms with Crippen LogP contribution in [0.3, 0.4) is 0 Å². The summed E-state index contributed by atoms with van der Waals surface area (Å²) in [6.07, 6.45) is 0.560. The van der Waals surface area contributed by atoms with Crippen molar-refractivity contribution < 1.29 is 39.0 Å². The van der Waals surface area contributed by atoms with Crippen molar-refractivity contribution in [3.8, 4) is 5.75 Å². The van der Waals surface area contributed by atoms with Gasteiger partial charge < -0.3 is 53.6 Å². The van der Waals surface area contributed by atoms with Crippen LogP contribution in [0.15, 0.2) is 24.3 Å². The number of nitrogens with two attached hydrogens (primary N) is 2. The highest BCUT2D eigenvalue weighted by atomic mass is 16.4. The molecule has 1 heterocycles. The van der Waals surface area contributed by atoms with Crippen molar-refractivity contribution in [3.05, 3.63) is 29.8 Å². The summed E-state index contributed by atoms with van der Waals surface area (Å²) in [6, 6.07) is -0.666. The van der Waals surface area contributed by atoms with Gasteiger partial charge >= 0.3 is 5.97 Å². The second kappa shape index (κ2) is 18.0. The molecule has 1 aliphatic rings. The molecule has 248 valence electrons. The number of aliphatic carboxylic acids is 1. The maximum Gasteiger partial charge on any atom is 0.305 e. The van der Waals surface area contributed by atoms with Crippen molar-refractivity contribution in [1.29, 1.82) is 5.41 Å². The van der Waals surface area contributed by atoms with Crippen LogP contribution in [0.1, 0.15) is 51.0 Å². The molecule has 1 aromatic rings. The molecular weight excluding hydrogens is 590 g/mol. The van der Waals surface area contributed by atoms with E-state index >= 15 is 0 Å². The fourth-order valence-electron chi connectivity index (χ4n) is 4.51. The van der Waals surface area contributed by atoms with E-state index in [1.165, 1.54) is 31.2 Å². The first-order valence-electron chi connectivity index (χ1n) is 14.6. The van der Waals surface area contributed by atoms with Crippen LogP contribution in [-0.2, 0) is 35.2 Å². The molecule has 2 rings (SSSR count). The Bertz CT molecular complexity index is 1230. The van der Waals surface area contributed by atoms with Crippen LogP contribution in [0.4, 0.5) is 0 Å². The number of rotatable bonds is 12. The van der Waals surface area contributed by atoms with E-state index in [0.29, 0.717) is 24.9 Å². The number of hydrogen-bond acceptors (Lipinski definition) is 9. The van der Waals surface area contributed by atoms with E-state index < -0.39 is 72.1 Å². The molecule has 0 bridgehead atoms. The van der Waals surface area contributed by atoms with E-state index in [4.69, 9.17) is 16.9 Å². The fourth-order valence-corrected chi connectivity index (χ4v) is 4.51. The van der Waals surface area contributed by atoms with Gasteiger partial charge in [-0.2, -0.15) is 0 Å². The van der Waals surface area contributed by atoms with Crippen molar-refractivity contribution in [1.82, 2.24) is 31.9 Å². The number of aromatic hydroxyl groups is 1. The highest BCUT2D eigenvalue weighted by Crippen LogP contribution is 2.13. The number of carbonyl (C=O) groups excluding carboxylic acids is 5. The number of phenols is 1. The van der Waals surface area contributed by atoms with Gasteiger partial charge in [0.1, 0.15) is 36.0 Å². The lowest BCUT2D eigenvalue weighted by atomic mass is 10.0. The Morgan fingerprint density at radius 3 is 1.89 bits per heavy atom. The molecule has 1 aromatic carbocycles. The second-order valence-corrected chi connectivity index (χ2v) is 10.7. The van der Waals surface area contributed by atoms with Crippen LogP contribution in [0, 0.1) is 5.41 Å². The van der Waals surface area contributed by atoms with E-state index in [0.717, 1.165) is 0 Å². The Balaban J connectivity index is 2.49. The summed E-state index contributed by atoms with van der Waals surface area (Å²) in [4.78, 5) is 78.2. The topological polar surface area (TPSA) is 291 Å². The summed E-state index contributed by atoms with van der Waals surface area (Å²) in [7, 11) is 0. The number of nitrogens with one attached hydrogen (secondary N) is 7. The smallest absolute Gasteiger partial charge is 0.305 e. The van der Waals surface area contributed by atoms with E-state index in [1.54, 1.807) is 0 Å². The van der Waals surface area contributed by atoms with Crippen LogP contribution in [0.25, 0.3) is 0 Å². The zero-order chi connectivity index (χ0) is 33.5. The minimum Gasteiger partial charge on any atom is -0.508 e. The number of carboxylic acids is 1. The van der Waals surface area contributed by atoms with Crippen LogP contribution >= 0.6 is 0 Å². The standard InChI is InChI=1S/C28H43N9O8/c1-15-23(41)36-21(14-22(39)40)27(45)37-20(13-16-7-9-17(38)10-8-16)26(44)35-18(5-2-3-11-29)25(43)34-19(24(42)33-15)6-4-12-32-28(30)31/h7-10,15,18-21,38H,2-6,11-14,29H2,1H3,(H,33,42)(H,34,43)(H,35,44)(H,36,41)(H,37,45)(H,39,40)(H4,30,31,32)/t15-,18-,19-,20+,21-/m0/s1. The molecule has 0 aliphatic carbocycles. The summed E-state index contributed by atoms with van der Waals surface area (Å²) in [6.45, 7) is 1.87. The average Bonchev–Trinajstić information content (AvgIpc) is 2.97. The maximum absolute atomic E-state index is 13.6. The zero-order valence-corrected chi connectivity index (χ0v) is 25.1. The molecular formula is C28H43N9O8. The zero-order valence-electron chi connectivity index (χ0n) is 25.1. The van der Waals surface area contributed by atoms with Crippen molar-refractivity contribution in [2.45, 2.75) is 82.1 Å². The van der Waals surface area contributed by atoms with Gasteiger partial charge in [-0.3, -0.25) is 34.2 Å². The van der Waals surface area contributed by atoms with Crippen LogP contribution in [0.2, 0.25) is 0 Å². The molecule has 1 saturated heterocycles. The second-order valence-electron chi connectivity index (χ2n) is 10.7. The van der Waals surface area contributed by atoms with Crippen LogP contribution < -0.4 is 43.4 Å². The summed E-state index contributed by atoms with van der Waals surface area (Å²) in [5.41, 5.74) is 11.5. The van der Waals surface area contributed by atoms with E-state index in [-0.39, 0.29) is 43.9 Å². The maximum atomic E-state index is 13.6. The molecule has 1 fully saturated rings. The Morgan fingerprint density at radius 2 is 1.31 bits per heavy atom. The third kappa shape index (κ3) is 12.7. The van der Waals surface area contributed by atoms with Gasteiger partial charge in [0.25, 0.3) is 0 Å². The van der Waals surface area contributed by atoms with Crippen molar-refractivity contribution >= 4 is 41.5 Å².